The Hall–Kier alpha value is -0.950. The second kappa shape index (κ2) is 8.48. The highest BCUT2D eigenvalue weighted by atomic mass is 32.2. The van der Waals surface area contributed by atoms with Crippen LogP contribution in [0.5, 0.6) is 11.5 Å². The molecular weight excluding hydrogens is 292 g/mol. The highest BCUT2D eigenvalue weighted by Gasteiger charge is 2.22. The third-order valence-corrected chi connectivity index (χ3v) is 3.96. The van der Waals surface area contributed by atoms with E-state index in [1.165, 1.54) is 11.8 Å². The molecule has 6 heteroatoms. The van der Waals surface area contributed by atoms with E-state index in [9.17, 15) is 0 Å². The molecule has 1 aliphatic rings. The molecule has 0 atom stereocenters. The summed E-state index contributed by atoms with van der Waals surface area (Å²) >= 11 is 1.53. The van der Waals surface area contributed by atoms with E-state index in [1.54, 1.807) is 7.11 Å². The van der Waals surface area contributed by atoms with Crippen molar-refractivity contribution in [3.8, 4) is 11.5 Å². The lowest BCUT2D eigenvalue weighted by Gasteiger charge is -2.18. The van der Waals surface area contributed by atoms with Gasteiger partial charge >= 0.3 is 0 Å². The van der Waals surface area contributed by atoms with Gasteiger partial charge in [0.25, 0.3) is 0 Å². The molecule has 0 unspecified atom stereocenters. The summed E-state index contributed by atoms with van der Waals surface area (Å²) in [6.45, 7) is 3.99. The molecule has 0 spiro atoms. The van der Waals surface area contributed by atoms with E-state index in [4.69, 9.17) is 24.1 Å². The Labute approximate surface area is 129 Å². The summed E-state index contributed by atoms with van der Waals surface area (Å²) in [5.74, 6) is 1.99. The van der Waals surface area contributed by atoms with Gasteiger partial charge in [0, 0.05) is 11.3 Å². The molecule has 1 aromatic carbocycles. The average molecular weight is 314 g/mol. The molecule has 0 radical (unpaired) electrons. The van der Waals surface area contributed by atoms with Gasteiger partial charge in [-0.15, -0.1) is 11.8 Å². The lowest BCUT2D eigenvalue weighted by Crippen LogP contribution is -2.04. The molecule has 1 fully saturated rings. The molecule has 1 N–H and O–H groups in total. The fraction of sp³-hybridized carbons (Fsp3) is 0.600. The number of hydrogen-bond acceptors (Lipinski definition) is 6. The normalized spacial score (nSPS) is 15.4. The SMILES string of the molecule is CCCOc1c(OC)cc(C2OCCO2)cc1SCCO. The monoisotopic (exact) mass is 314 g/mol. The molecule has 0 aromatic heterocycles. The van der Waals surface area contributed by atoms with Crippen molar-refractivity contribution in [3.05, 3.63) is 17.7 Å². The van der Waals surface area contributed by atoms with Gasteiger partial charge in [-0.05, 0) is 18.6 Å². The van der Waals surface area contributed by atoms with Crippen molar-refractivity contribution in [2.75, 3.05) is 39.3 Å². The highest BCUT2D eigenvalue weighted by Crippen LogP contribution is 2.41. The number of benzene rings is 1. The fourth-order valence-electron chi connectivity index (χ4n) is 2.04. The molecule has 0 aliphatic carbocycles. The van der Waals surface area contributed by atoms with Crippen molar-refractivity contribution >= 4 is 11.8 Å². The van der Waals surface area contributed by atoms with E-state index in [0.717, 1.165) is 22.6 Å². The van der Waals surface area contributed by atoms with Gasteiger partial charge in [-0.2, -0.15) is 0 Å². The first-order chi connectivity index (χ1) is 10.3. The summed E-state index contributed by atoms with van der Waals surface area (Å²) in [6, 6.07) is 3.88. The number of aliphatic hydroxyl groups excluding tert-OH is 1. The Morgan fingerprint density at radius 2 is 2.10 bits per heavy atom. The molecule has 1 heterocycles. The largest absolute Gasteiger partial charge is 0.493 e. The maximum Gasteiger partial charge on any atom is 0.184 e. The van der Waals surface area contributed by atoms with Gasteiger partial charge in [-0.25, -0.2) is 0 Å². The Kier molecular flexibility index (Phi) is 6.63. The van der Waals surface area contributed by atoms with Crippen molar-refractivity contribution in [1.82, 2.24) is 0 Å². The van der Waals surface area contributed by atoms with Crippen LogP contribution in [0.1, 0.15) is 25.2 Å². The van der Waals surface area contributed by atoms with Crippen molar-refractivity contribution in [3.63, 3.8) is 0 Å². The van der Waals surface area contributed by atoms with Crippen molar-refractivity contribution in [2.24, 2.45) is 0 Å². The highest BCUT2D eigenvalue weighted by molar-refractivity contribution is 7.99. The van der Waals surface area contributed by atoms with Crippen LogP contribution in [0.3, 0.4) is 0 Å². The number of ether oxygens (including phenoxy) is 4. The third-order valence-electron chi connectivity index (χ3n) is 2.96. The first-order valence-electron chi connectivity index (χ1n) is 7.11. The van der Waals surface area contributed by atoms with Crippen LogP contribution in [0, 0.1) is 0 Å². The van der Waals surface area contributed by atoms with Crippen molar-refractivity contribution < 1.29 is 24.1 Å². The minimum atomic E-state index is -0.354. The van der Waals surface area contributed by atoms with Gasteiger partial charge < -0.3 is 24.1 Å². The Bertz CT molecular complexity index is 446. The predicted molar refractivity (Wildman–Crippen MR) is 81.2 cm³/mol. The number of methoxy groups -OCH3 is 1. The molecule has 1 aliphatic heterocycles. The van der Waals surface area contributed by atoms with E-state index in [1.807, 2.05) is 12.1 Å². The Balaban J connectivity index is 2.31. The fourth-order valence-corrected chi connectivity index (χ4v) is 2.87. The molecule has 5 nitrogen and oxygen atoms in total. The van der Waals surface area contributed by atoms with Gasteiger partial charge in [0.1, 0.15) is 0 Å². The summed E-state index contributed by atoms with van der Waals surface area (Å²) in [7, 11) is 1.62. The lowest BCUT2D eigenvalue weighted by molar-refractivity contribution is -0.0444. The molecule has 0 bridgehead atoms. The Morgan fingerprint density at radius 3 is 2.71 bits per heavy atom. The minimum Gasteiger partial charge on any atom is -0.493 e. The first-order valence-corrected chi connectivity index (χ1v) is 8.10. The van der Waals surface area contributed by atoms with E-state index >= 15 is 0 Å². The molecule has 1 aromatic rings. The van der Waals surface area contributed by atoms with Gasteiger partial charge in [0.15, 0.2) is 17.8 Å². The van der Waals surface area contributed by atoms with Crippen LogP contribution in [0.4, 0.5) is 0 Å². The number of aliphatic hydroxyl groups is 1. The van der Waals surface area contributed by atoms with Crippen LogP contribution in [0.25, 0.3) is 0 Å². The summed E-state index contributed by atoms with van der Waals surface area (Å²) < 4.78 is 22.3. The van der Waals surface area contributed by atoms with Crippen LogP contribution >= 0.6 is 11.8 Å². The second-order valence-corrected chi connectivity index (χ2v) is 5.68. The van der Waals surface area contributed by atoms with Crippen LogP contribution in [-0.4, -0.2) is 44.4 Å². The van der Waals surface area contributed by atoms with Gasteiger partial charge in [-0.3, -0.25) is 0 Å². The van der Waals surface area contributed by atoms with Crippen LogP contribution in [-0.2, 0) is 9.47 Å². The molecule has 118 valence electrons. The minimum absolute atomic E-state index is 0.112. The van der Waals surface area contributed by atoms with Crippen molar-refractivity contribution in [1.29, 1.82) is 0 Å². The summed E-state index contributed by atoms with van der Waals surface area (Å²) in [5.41, 5.74) is 0.911. The zero-order chi connectivity index (χ0) is 15.1. The molecule has 1 saturated heterocycles. The van der Waals surface area contributed by atoms with Gasteiger partial charge in [0.05, 0.1) is 38.4 Å². The van der Waals surface area contributed by atoms with Gasteiger partial charge in [0.2, 0.25) is 0 Å². The van der Waals surface area contributed by atoms with E-state index in [-0.39, 0.29) is 12.9 Å². The Morgan fingerprint density at radius 1 is 1.33 bits per heavy atom. The van der Waals surface area contributed by atoms with E-state index < -0.39 is 0 Å². The quantitative estimate of drug-likeness (QED) is 0.744. The molecule has 21 heavy (non-hydrogen) atoms. The molecule has 0 amide bonds. The standard InChI is InChI=1S/C15H22O5S/c1-3-5-18-14-12(17-2)9-11(15-19-6-7-20-15)10-13(14)21-8-4-16/h9-10,15-16H,3-8H2,1-2H3. The van der Waals surface area contributed by atoms with E-state index in [2.05, 4.69) is 6.92 Å². The van der Waals surface area contributed by atoms with Crippen molar-refractivity contribution in [2.45, 2.75) is 24.5 Å². The molecular formula is C15H22O5S. The molecule has 2 rings (SSSR count). The second-order valence-electron chi connectivity index (χ2n) is 4.54. The zero-order valence-corrected chi connectivity index (χ0v) is 13.3. The maximum absolute atomic E-state index is 9.06. The van der Waals surface area contributed by atoms with Gasteiger partial charge in [-0.1, -0.05) is 6.92 Å². The zero-order valence-electron chi connectivity index (χ0n) is 12.5. The number of rotatable bonds is 8. The molecule has 0 saturated carbocycles. The summed E-state index contributed by atoms with van der Waals surface area (Å²) in [4.78, 5) is 0.936. The lowest BCUT2D eigenvalue weighted by atomic mass is 10.2. The van der Waals surface area contributed by atoms with Crippen LogP contribution in [0.2, 0.25) is 0 Å². The summed E-state index contributed by atoms with van der Waals surface area (Å²) in [5, 5.41) is 9.06. The maximum atomic E-state index is 9.06. The average Bonchev–Trinajstić information content (AvgIpc) is 3.05. The first kappa shape index (κ1) is 16.4. The van der Waals surface area contributed by atoms with E-state index in [0.29, 0.717) is 31.3 Å². The smallest absolute Gasteiger partial charge is 0.184 e. The number of thioether (sulfide) groups is 1. The predicted octanol–water partition coefficient (Wildman–Crippen LogP) is 2.61. The third kappa shape index (κ3) is 4.26. The number of hydrogen-bond donors (Lipinski definition) is 1. The topological polar surface area (TPSA) is 57.2 Å². The van der Waals surface area contributed by atoms with Crippen LogP contribution < -0.4 is 9.47 Å². The summed E-state index contributed by atoms with van der Waals surface area (Å²) in [6.07, 6.45) is 0.566. The van der Waals surface area contributed by atoms with Crippen LogP contribution in [0.15, 0.2) is 17.0 Å².